The number of thioether (sulfide) groups is 1. The Morgan fingerprint density at radius 3 is 2.91 bits per heavy atom. The van der Waals surface area contributed by atoms with Crippen LogP contribution in [0.4, 0.5) is 5.69 Å². The summed E-state index contributed by atoms with van der Waals surface area (Å²) in [5.41, 5.74) is 3.31. The summed E-state index contributed by atoms with van der Waals surface area (Å²) in [6, 6.07) is 5.63. The van der Waals surface area contributed by atoms with Gasteiger partial charge in [0.2, 0.25) is 0 Å². The molecule has 0 radical (unpaired) electrons. The number of carbonyl (C=O) groups is 1. The smallest absolute Gasteiger partial charge is 0.261 e. The maximum absolute atomic E-state index is 13.0. The number of thiazole rings is 1. The number of amides is 1. The predicted octanol–water partition coefficient (Wildman–Crippen LogP) is 3.86. The van der Waals surface area contributed by atoms with Crippen LogP contribution in [-0.2, 0) is 16.5 Å². The van der Waals surface area contributed by atoms with Gasteiger partial charge in [-0.15, -0.1) is 11.3 Å². The number of carbonyl (C=O) groups excluding carboxylic acids is 1. The van der Waals surface area contributed by atoms with E-state index in [4.69, 9.17) is 14.2 Å². The third-order valence-corrected chi connectivity index (χ3v) is 6.79. The molecule has 0 saturated heterocycles. The number of aryl methyl sites for hydroxylation is 2. The molecule has 0 atom stereocenters. The van der Waals surface area contributed by atoms with Gasteiger partial charge in [-0.25, -0.2) is 9.97 Å². The summed E-state index contributed by atoms with van der Waals surface area (Å²) in [4.78, 5) is 22.0. The fourth-order valence-electron chi connectivity index (χ4n) is 3.29. The van der Waals surface area contributed by atoms with Crippen molar-refractivity contribution in [3.63, 3.8) is 0 Å². The Hall–Kier alpha value is -2.73. The number of hydrogen-bond donors (Lipinski definition) is 1. The Morgan fingerprint density at radius 1 is 1.28 bits per heavy atom. The van der Waals surface area contributed by atoms with Gasteiger partial charge in [0.05, 0.1) is 47.6 Å². The van der Waals surface area contributed by atoms with Gasteiger partial charge < -0.3 is 19.5 Å². The zero-order valence-corrected chi connectivity index (χ0v) is 19.8. The number of pyridine rings is 1. The Labute approximate surface area is 193 Å². The van der Waals surface area contributed by atoms with E-state index in [9.17, 15) is 4.79 Å². The van der Waals surface area contributed by atoms with E-state index in [1.165, 1.54) is 18.0 Å². The van der Waals surface area contributed by atoms with E-state index < -0.39 is 0 Å². The number of aromatic nitrogens is 4. The van der Waals surface area contributed by atoms with Crippen LogP contribution in [0.15, 0.2) is 28.7 Å². The van der Waals surface area contributed by atoms with Crippen molar-refractivity contribution in [2.45, 2.75) is 11.3 Å². The Bertz CT molecular complexity index is 1270. The van der Waals surface area contributed by atoms with Crippen molar-refractivity contribution < 1.29 is 19.0 Å². The lowest BCUT2D eigenvalue weighted by Crippen LogP contribution is -2.14. The van der Waals surface area contributed by atoms with Crippen molar-refractivity contribution in [3.05, 3.63) is 35.7 Å². The average Bonchev–Trinajstić information content (AvgIpc) is 3.32. The summed E-state index contributed by atoms with van der Waals surface area (Å²) in [6.45, 7) is 2.98. The molecule has 1 amide bonds. The van der Waals surface area contributed by atoms with Crippen LogP contribution in [0.2, 0.25) is 0 Å². The first kappa shape index (κ1) is 22.5. The van der Waals surface area contributed by atoms with Gasteiger partial charge in [0.25, 0.3) is 5.91 Å². The molecule has 0 unspecified atom stereocenters. The zero-order chi connectivity index (χ0) is 22.7. The van der Waals surface area contributed by atoms with Crippen LogP contribution in [0.1, 0.15) is 16.1 Å². The third kappa shape index (κ3) is 4.56. The van der Waals surface area contributed by atoms with Crippen LogP contribution in [0, 0.1) is 6.92 Å². The molecule has 168 valence electrons. The highest BCUT2D eigenvalue weighted by Gasteiger charge is 2.21. The number of nitrogens with one attached hydrogen (secondary N) is 1. The second kappa shape index (κ2) is 9.82. The Morgan fingerprint density at radius 2 is 2.12 bits per heavy atom. The minimum atomic E-state index is -0.301. The van der Waals surface area contributed by atoms with Gasteiger partial charge >= 0.3 is 0 Å². The maximum Gasteiger partial charge on any atom is 0.261 e. The second-order valence-corrected chi connectivity index (χ2v) is 9.09. The lowest BCUT2D eigenvalue weighted by Gasteiger charge is -2.10. The van der Waals surface area contributed by atoms with E-state index in [-0.39, 0.29) is 5.91 Å². The number of anilines is 1. The van der Waals surface area contributed by atoms with E-state index in [2.05, 4.69) is 20.4 Å². The fraction of sp³-hybridized carbons (Fsp3) is 0.333. The molecule has 0 aliphatic rings. The highest BCUT2D eigenvalue weighted by molar-refractivity contribution is 8.01. The van der Waals surface area contributed by atoms with Gasteiger partial charge in [0.15, 0.2) is 9.99 Å². The predicted molar refractivity (Wildman–Crippen MR) is 126 cm³/mol. The summed E-state index contributed by atoms with van der Waals surface area (Å²) in [5, 5.41) is 8.05. The normalized spacial score (nSPS) is 11.4. The molecule has 4 aromatic rings. The van der Waals surface area contributed by atoms with Crippen molar-refractivity contribution in [1.29, 1.82) is 0 Å². The summed E-state index contributed by atoms with van der Waals surface area (Å²) in [7, 11) is 4.99. The van der Waals surface area contributed by atoms with Crippen LogP contribution in [0.5, 0.6) is 5.75 Å². The number of nitrogens with zero attached hydrogens (tertiary/aromatic N) is 4. The summed E-state index contributed by atoms with van der Waals surface area (Å²) >= 11 is 3.09. The van der Waals surface area contributed by atoms with E-state index in [1.54, 1.807) is 30.2 Å². The number of ether oxygens (including phenoxy) is 3. The number of methoxy groups -OCH3 is 2. The molecule has 1 aromatic carbocycles. The van der Waals surface area contributed by atoms with E-state index in [0.29, 0.717) is 41.8 Å². The van der Waals surface area contributed by atoms with Crippen LogP contribution >= 0.6 is 23.1 Å². The number of fused-ring (bicyclic) bond motifs is 2. The van der Waals surface area contributed by atoms with Crippen molar-refractivity contribution in [3.8, 4) is 5.75 Å². The van der Waals surface area contributed by atoms with E-state index >= 15 is 0 Å². The van der Waals surface area contributed by atoms with Crippen LogP contribution in [0.3, 0.4) is 0 Å². The molecule has 0 spiro atoms. The Balaban J connectivity index is 1.52. The summed E-state index contributed by atoms with van der Waals surface area (Å²) < 4.78 is 19.6. The Kier molecular flexibility index (Phi) is 6.89. The molecule has 3 heterocycles. The van der Waals surface area contributed by atoms with Crippen LogP contribution in [0.25, 0.3) is 21.3 Å². The van der Waals surface area contributed by atoms with Gasteiger partial charge in [0.1, 0.15) is 11.3 Å². The number of benzene rings is 1. The molecule has 3 aromatic heterocycles. The molecule has 11 heteroatoms. The zero-order valence-electron chi connectivity index (χ0n) is 18.2. The second-order valence-electron chi connectivity index (χ2n) is 6.89. The van der Waals surface area contributed by atoms with Crippen molar-refractivity contribution in [2.75, 3.05) is 38.7 Å². The quantitative estimate of drug-likeness (QED) is 0.222. The van der Waals surface area contributed by atoms with Gasteiger partial charge in [-0.1, -0.05) is 11.8 Å². The lowest BCUT2D eigenvalue weighted by atomic mass is 10.1. The third-order valence-electron chi connectivity index (χ3n) is 4.75. The molecule has 0 aliphatic heterocycles. The van der Waals surface area contributed by atoms with Crippen LogP contribution in [-0.4, -0.2) is 59.0 Å². The molecule has 0 saturated carbocycles. The van der Waals surface area contributed by atoms with Crippen molar-refractivity contribution >= 4 is 55.9 Å². The molecule has 32 heavy (non-hydrogen) atoms. The topological polar surface area (TPSA) is 100 Å². The first-order valence-electron chi connectivity index (χ1n) is 9.79. The van der Waals surface area contributed by atoms with Gasteiger partial charge in [-0.3, -0.25) is 9.48 Å². The van der Waals surface area contributed by atoms with Gasteiger partial charge in [-0.2, -0.15) is 5.10 Å². The first-order valence-corrected chi connectivity index (χ1v) is 11.6. The first-order chi connectivity index (χ1) is 15.5. The van der Waals surface area contributed by atoms with Gasteiger partial charge in [0, 0.05) is 26.0 Å². The molecular formula is C21H23N5O4S2. The standard InChI is InChI=1S/C21H23N5O4S2/c1-12-17-18(29-4)14(10-22-19(17)26(2)25-12)20(27)23-13-5-6-15-16(9-13)32-21(24-15)31-11-30-8-7-28-3/h5-6,9-10H,7-8,11H2,1-4H3,(H,23,27). The minimum Gasteiger partial charge on any atom is -0.495 e. The average molecular weight is 474 g/mol. The molecule has 0 bridgehead atoms. The van der Waals surface area contributed by atoms with Gasteiger partial charge in [-0.05, 0) is 25.1 Å². The molecule has 0 aliphatic carbocycles. The lowest BCUT2D eigenvalue weighted by molar-refractivity contribution is 0.0953. The molecule has 0 fully saturated rings. The van der Waals surface area contributed by atoms with Crippen LogP contribution < -0.4 is 10.1 Å². The number of rotatable bonds is 9. The van der Waals surface area contributed by atoms with E-state index in [0.717, 1.165) is 25.6 Å². The summed E-state index contributed by atoms with van der Waals surface area (Å²) in [6.07, 6.45) is 1.52. The molecular weight excluding hydrogens is 450 g/mol. The fourth-order valence-corrected chi connectivity index (χ4v) is 5.14. The van der Waals surface area contributed by atoms with E-state index in [1.807, 2.05) is 32.2 Å². The van der Waals surface area contributed by atoms with Crippen molar-refractivity contribution in [1.82, 2.24) is 19.7 Å². The highest BCUT2D eigenvalue weighted by Crippen LogP contribution is 2.33. The maximum atomic E-state index is 13.0. The SMILES string of the molecule is COCCOCSc1nc2ccc(NC(=O)c3cnc4c(c(C)nn4C)c3OC)cc2s1. The monoisotopic (exact) mass is 473 g/mol. The largest absolute Gasteiger partial charge is 0.495 e. The molecule has 1 N–H and O–H groups in total. The van der Waals surface area contributed by atoms with Crippen molar-refractivity contribution in [2.24, 2.45) is 7.05 Å². The number of hydrogen-bond acceptors (Lipinski definition) is 9. The molecule has 4 rings (SSSR count). The molecule has 9 nitrogen and oxygen atoms in total. The minimum absolute atomic E-state index is 0.301. The highest BCUT2D eigenvalue weighted by atomic mass is 32.2. The summed E-state index contributed by atoms with van der Waals surface area (Å²) in [5.74, 6) is 0.671.